The minimum Gasteiger partial charge on any atom is -0.379 e. The zero-order chi connectivity index (χ0) is 19.4. The largest absolute Gasteiger partial charge is 0.379 e. The van der Waals surface area contributed by atoms with E-state index in [9.17, 15) is 0 Å². The van der Waals surface area contributed by atoms with Crippen LogP contribution in [-0.4, -0.2) is 29.8 Å². The summed E-state index contributed by atoms with van der Waals surface area (Å²) in [5.74, 6) is 0. The number of hydrogen-bond acceptors (Lipinski definition) is 4. The maximum Gasteiger partial charge on any atom is 0.0973 e. The third kappa shape index (κ3) is 4.86. The Balaban J connectivity index is 1.74. The molecule has 0 saturated heterocycles. The van der Waals surface area contributed by atoms with Crippen LogP contribution in [-0.2, 0) is 6.42 Å². The van der Waals surface area contributed by atoms with Crippen molar-refractivity contribution in [2.45, 2.75) is 40.2 Å². The number of aryl methyl sites for hydroxylation is 2. The average Bonchev–Trinajstić information content (AvgIpc) is 3.12. The molecule has 1 aromatic carbocycles. The van der Waals surface area contributed by atoms with E-state index in [0.29, 0.717) is 0 Å². The van der Waals surface area contributed by atoms with Crippen LogP contribution in [0.4, 0.5) is 5.69 Å². The Kier molecular flexibility index (Phi) is 6.11. The summed E-state index contributed by atoms with van der Waals surface area (Å²) in [6.45, 7) is 9.44. The van der Waals surface area contributed by atoms with Gasteiger partial charge in [0, 0.05) is 31.6 Å². The first kappa shape index (κ1) is 19.4. The van der Waals surface area contributed by atoms with Crippen molar-refractivity contribution in [2.24, 2.45) is 4.99 Å². The predicted molar refractivity (Wildman–Crippen MR) is 116 cm³/mol. The molecular weight excluding hydrogens is 352 g/mol. The zero-order valence-electron chi connectivity index (χ0n) is 16.8. The molecule has 0 radical (unpaired) electrons. The van der Waals surface area contributed by atoms with Gasteiger partial charge in [-0.05, 0) is 56.0 Å². The van der Waals surface area contributed by atoms with Gasteiger partial charge < -0.3 is 10.2 Å². The molecule has 1 unspecified atom stereocenters. The van der Waals surface area contributed by atoms with Crippen LogP contribution < -0.4 is 5.32 Å². The quantitative estimate of drug-likeness (QED) is 0.562. The van der Waals surface area contributed by atoms with E-state index in [1.807, 2.05) is 19.6 Å². The maximum absolute atomic E-state index is 4.86. The fourth-order valence-corrected chi connectivity index (χ4v) is 3.75. The molecule has 0 fully saturated rings. The predicted octanol–water partition coefficient (Wildman–Crippen LogP) is 5.07. The molecular formula is C22H28N4S. The van der Waals surface area contributed by atoms with Crippen LogP contribution >= 0.6 is 11.3 Å². The summed E-state index contributed by atoms with van der Waals surface area (Å²) < 4.78 is 0. The summed E-state index contributed by atoms with van der Waals surface area (Å²) in [6, 6.07) is 4.60. The molecule has 1 aromatic heterocycles. The maximum atomic E-state index is 4.86. The molecule has 0 saturated carbocycles. The van der Waals surface area contributed by atoms with Gasteiger partial charge in [0.2, 0.25) is 0 Å². The smallest absolute Gasteiger partial charge is 0.0973 e. The van der Waals surface area contributed by atoms with Gasteiger partial charge in [-0.3, -0.25) is 0 Å². The van der Waals surface area contributed by atoms with Crippen molar-refractivity contribution in [3.05, 3.63) is 68.8 Å². The number of aromatic nitrogens is 1. The molecule has 2 aromatic rings. The Morgan fingerprint density at radius 2 is 2.07 bits per heavy atom. The second-order valence-corrected chi connectivity index (χ2v) is 8.06. The number of nitrogens with one attached hydrogen (secondary N) is 1. The highest BCUT2D eigenvalue weighted by Gasteiger charge is 2.14. The van der Waals surface area contributed by atoms with E-state index in [4.69, 9.17) is 4.98 Å². The minimum atomic E-state index is 0.175. The molecule has 3 rings (SSSR count). The second-order valence-electron chi connectivity index (χ2n) is 7.12. The van der Waals surface area contributed by atoms with Crippen molar-refractivity contribution >= 4 is 23.4 Å². The van der Waals surface area contributed by atoms with E-state index < -0.39 is 0 Å². The van der Waals surface area contributed by atoms with E-state index >= 15 is 0 Å². The van der Waals surface area contributed by atoms with Gasteiger partial charge in [-0.15, -0.1) is 11.3 Å². The summed E-state index contributed by atoms with van der Waals surface area (Å²) >= 11 is 1.73. The van der Waals surface area contributed by atoms with Gasteiger partial charge in [-0.25, -0.2) is 9.98 Å². The minimum absolute atomic E-state index is 0.175. The number of hydrogen-bond donors (Lipinski definition) is 1. The summed E-state index contributed by atoms with van der Waals surface area (Å²) in [7, 11) is 2.04. The summed E-state index contributed by atoms with van der Waals surface area (Å²) in [6.07, 6.45) is 9.12. The van der Waals surface area contributed by atoms with Crippen LogP contribution in [0.15, 0.2) is 46.4 Å². The molecule has 5 heteroatoms. The highest BCUT2D eigenvalue weighted by Crippen LogP contribution is 2.27. The Bertz CT molecular complexity index is 892. The van der Waals surface area contributed by atoms with Gasteiger partial charge in [-0.2, -0.15) is 0 Å². The van der Waals surface area contributed by atoms with Gasteiger partial charge >= 0.3 is 0 Å². The summed E-state index contributed by atoms with van der Waals surface area (Å²) in [4.78, 5) is 11.6. The van der Waals surface area contributed by atoms with Crippen LogP contribution in [0.2, 0.25) is 0 Å². The number of rotatable bonds is 6. The van der Waals surface area contributed by atoms with E-state index in [1.165, 1.54) is 22.3 Å². The number of thiazole rings is 1. The third-order valence-corrected chi connectivity index (χ3v) is 5.69. The van der Waals surface area contributed by atoms with Crippen molar-refractivity contribution in [1.29, 1.82) is 0 Å². The molecule has 0 spiro atoms. The highest BCUT2D eigenvalue weighted by molar-refractivity contribution is 7.09. The van der Waals surface area contributed by atoms with E-state index in [1.54, 1.807) is 11.3 Å². The van der Waals surface area contributed by atoms with Crippen LogP contribution in [0.1, 0.15) is 47.3 Å². The molecule has 2 heterocycles. The number of benzene rings is 1. The van der Waals surface area contributed by atoms with Gasteiger partial charge in [0.05, 0.1) is 28.8 Å². The van der Waals surface area contributed by atoms with Crippen molar-refractivity contribution in [3.63, 3.8) is 0 Å². The van der Waals surface area contributed by atoms with Crippen LogP contribution in [0, 0.1) is 13.8 Å². The van der Waals surface area contributed by atoms with E-state index in [2.05, 4.69) is 72.6 Å². The third-order valence-electron chi connectivity index (χ3n) is 4.82. The molecule has 1 N–H and O–H groups in total. The van der Waals surface area contributed by atoms with E-state index in [-0.39, 0.29) is 6.04 Å². The molecule has 0 amide bonds. The number of nitrogens with zero attached hydrogens (tertiary/aromatic N) is 3. The first-order valence-corrected chi connectivity index (χ1v) is 10.2. The Morgan fingerprint density at radius 3 is 2.78 bits per heavy atom. The van der Waals surface area contributed by atoms with Gasteiger partial charge in [0.1, 0.15) is 0 Å². The molecule has 1 aliphatic heterocycles. The standard InChI is InChI=1S/C22H28N4S/c1-6-26(5)14-24-20-10-16(3)18(9-17(20)4)11-22-25-21(13-27-22)19-8-7-15(2)12-23-19/h7-10,12-14,19,23H,6,11H2,1-5H3/b24-14+. The second kappa shape index (κ2) is 8.53. The van der Waals surface area contributed by atoms with Crippen molar-refractivity contribution in [3.8, 4) is 0 Å². The monoisotopic (exact) mass is 380 g/mol. The van der Waals surface area contributed by atoms with Crippen molar-refractivity contribution in [2.75, 3.05) is 13.6 Å². The van der Waals surface area contributed by atoms with E-state index in [0.717, 1.165) is 29.4 Å². The van der Waals surface area contributed by atoms with Crippen LogP contribution in [0.5, 0.6) is 0 Å². The topological polar surface area (TPSA) is 40.5 Å². The Morgan fingerprint density at radius 1 is 1.26 bits per heavy atom. The normalized spacial score (nSPS) is 16.5. The van der Waals surface area contributed by atoms with Gasteiger partial charge in [0.15, 0.2) is 0 Å². The van der Waals surface area contributed by atoms with Crippen LogP contribution in [0.25, 0.3) is 0 Å². The summed E-state index contributed by atoms with van der Waals surface area (Å²) in [5, 5.41) is 6.70. The van der Waals surface area contributed by atoms with Crippen molar-refractivity contribution < 1.29 is 0 Å². The molecule has 4 nitrogen and oxygen atoms in total. The Labute approximate surface area is 166 Å². The van der Waals surface area contributed by atoms with Crippen LogP contribution in [0.3, 0.4) is 0 Å². The lowest BCUT2D eigenvalue weighted by atomic mass is 10.0. The SMILES string of the molecule is CCN(C)/C=N/c1cc(C)c(Cc2nc(C3C=CC(C)=CN3)cs2)cc1C. The molecule has 142 valence electrons. The fourth-order valence-electron chi connectivity index (χ4n) is 2.90. The molecule has 0 aliphatic carbocycles. The number of allylic oxidation sites excluding steroid dienone is 2. The Hall–Kier alpha value is -2.40. The van der Waals surface area contributed by atoms with Gasteiger partial charge in [0.25, 0.3) is 0 Å². The lowest BCUT2D eigenvalue weighted by molar-refractivity contribution is 0.552. The molecule has 27 heavy (non-hydrogen) atoms. The first-order chi connectivity index (χ1) is 13.0. The fraction of sp³-hybridized carbons (Fsp3) is 0.364. The molecule has 0 bridgehead atoms. The first-order valence-electron chi connectivity index (χ1n) is 9.36. The van der Waals surface area contributed by atoms with Crippen molar-refractivity contribution in [1.82, 2.24) is 15.2 Å². The highest BCUT2D eigenvalue weighted by atomic mass is 32.1. The zero-order valence-corrected chi connectivity index (χ0v) is 17.6. The average molecular weight is 381 g/mol. The lowest BCUT2D eigenvalue weighted by Crippen LogP contribution is -2.16. The number of dihydropyridines is 1. The molecule has 1 atom stereocenters. The summed E-state index contributed by atoms with van der Waals surface area (Å²) in [5.41, 5.74) is 7.14. The molecule has 1 aliphatic rings. The lowest BCUT2D eigenvalue weighted by Gasteiger charge is -2.15. The number of aliphatic imine (C=N–C) groups is 1. The van der Waals surface area contributed by atoms with Gasteiger partial charge in [-0.1, -0.05) is 18.2 Å².